The van der Waals surface area contributed by atoms with Crippen molar-refractivity contribution in [3.05, 3.63) is 47.9 Å². The van der Waals surface area contributed by atoms with Crippen LogP contribution in [0.1, 0.15) is 24.6 Å². The molecule has 0 bridgehead atoms. The third kappa shape index (κ3) is 2.29. The van der Waals surface area contributed by atoms with E-state index in [0.717, 1.165) is 18.5 Å². The number of hydrogen-bond donors (Lipinski definition) is 2. The number of anilines is 2. The van der Waals surface area contributed by atoms with Crippen LogP contribution in [-0.2, 0) is 6.42 Å². The van der Waals surface area contributed by atoms with Crippen LogP contribution in [-0.4, -0.2) is 27.1 Å². The summed E-state index contributed by atoms with van der Waals surface area (Å²) in [4.78, 5) is 10.7. The molecule has 1 unspecified atom stereocenters. The molecule has 0 saturated heterocycles. The van der Waals surface area contributed by atoms with Crippen molar-refractivity contribution in [2.24, 2.45) is 10.9 Å². The van der Waals surface area contributed by atoms with Gasteiger partial charge < -0.3 is 15.8 Å². The highest BCUT2D eigenvalue weighted by Gasteiger charge is 2.28. The number of para-hydroxylation sites is 1. The molecule has 0 fully saturated rings. The number of nitrogens with zero attached hydrogens (tertiary/aromatic N) is 4. The second-order valence-corrected chi connectivity index (χ2v) is 5.10. The van der Waals surface area contributed by atoms with E-state index in [0.29, 0.717) is 11.5 Å². The van der Waals surface area contributed by atoms with Gasteiger partial charge in [0.1, 0.15) is 0 Å². The Morgan fingerprint density at radius 3 is 2.90 bits per heavy atom. The SMILES string of the molecule is CC1CCc2ccccc2N1c1nccnc1C(N)=NO. The molecule has 2 heterocycles. The first-order valence-electron chi connectivity index (χ1n) is 6.88. The fourth-order valence-electron chi connectivity index (χ4n) is 2.75. The Hall–Kier alpha value is -2.63. The molecule has 0 aliphatic carbocycles. The predicted octanol–water partition coefficient (Wildman–Crippen LogP) is 2.04. The fraction of sp³-hybridized carbons (Fsp3) is 0.267. The van der Waals surface area contributed by atoms with E-state index in [1.807, 2.05) is 12.1 Å². The highest BCUT2D eigenvalue weighted by atomic mass is 16.4. The number of amidine groups is 1. The molecular weight excluding hydrogens is 266 g/mol. The van der Waals surface area contributed by atoms with Crippen LogP contribution in [0.15, 0.2) is 41.8 Å². The molecule has 3 N–H and O–H groups in total. The normalized spacial score (nSPS) is 18.4. The van der Waals surface area contributed by atoms with Gasteiger partial charge in [-0.05, 0) is 31.4 Å². The molecule has 1 aliphatic rings. The lowest BCUT2D eigenvalue weighted by Gasteiger charge is -2.36. The van der Waals surface area contributed by atoms with E-state index < -0.39 is 0 Å². The van der Waals surface area contributed by atoms with Crippen LogP contribution in [0.4, 0.5) is 11.5 Å². The lowest BCUT2D eigenvalue weighted by molar-refractivity contribution is 0.318. The van der Waals surface area contributed by atoms with E-state index >= 15 is 0 Å². The van der Waals surface area contributed by atoms with Crippen LogP contribution in [0, 0.1) is 0 Å². The Morgan fingerprint density at radius 1 is 1.33 bits per heavy atom. The first-order valence-corrected chi connectivity index (χ1v) is 6.88. The minimum absolute atomic E-state index is 0.0339. The van der Waals surface area contributed by atoms with Crippen LogP contribution >= 0.6 is 0 Å². The Bertz CT molecular complexity index is 685. The van der Waals surface area contributed by atoms with Crippen LogP contribution in [0.25, 0.3) is 0 Å². The van der Waals surface area contributed by atoms with Gasteiger partial charge in [-0.15, -0.1) is 0 Å². The molecule has 0 spiro atoms. The van der Waals surface area contributed by atoms with E-state index in [1.54, 1.807) is 6.20 Å². The summed E-state index contributed by atoms with van der Waals surface area (Å²) in [5.41, 5.74) is 8.50. The average molecular weight is 283 g/mol. The summed E-state index contributed by atoms with van der Waals surface area (Å²) in [7, 11) is 0. The maximum absolute atomic E-state index is 8.95. The number of benzene rings is 1. The molecule has 2 aromatic rings. The summed E-state index contributed by atoms with van der Waals surface area (Å²) in [6, 6.07) is 8.49. The van der Waals surface area contributed by atoms with Gasteiger partial charge in [-0.1, -0.05) is 23.4 Å². The molecule has 1 aromatic heterocycles. The first kappa shape index (κ1) is 13.4. The van der Waals surface area contributed by atoms with Gasteiger partial charge in [0.15, 0.2) is 17.3 Å². The van der Waals surface area contributed by atoms with Gasteiger partial charge in [-0.25, -0.2) is 9.97 Å². The number of rotatable bonds is 2. The molecule has 0 amide bonds. The predicted molar refractivity (Wildman–Crippen MR) is 80.9 cm³/mol. The highest BCUT2D eigenvalue weighted by molar-refractivity contribution is 6.00. The molecule has 1 atom stereocenters. The third-order valence-corrected chi connectivity index (χ3v) is 3.78. The maximum Gasteiger partial charge on any atom is 0.192 e. The standard InChI is InChI=1S/C15H17N5O/c1-10-6-7-11-4-2-3-5-12(11)20(10)15-13(14(16)19-21)17-8-9-18-15/h2-5,8-10,21H,6-7H2,1H3,(H2,16,19). The van der Waals surface area contributed by atoms with Gasteiger partial charge in [0, 0.05) is 24.1 Å². The zero-order valence-corrected chi connectivity index (χ0v) is 11.8. The van der Waals surface area contributed by atoms with Crippen LogP contribution in [0.3, 0.4) is 0 Å². The number of nitrogens with two attached hydrogens (primary N) is 1. The van der Waals surface area contributed by atoms with E-state index in [9.17, 15) is 0 Å². The summed E-state index contributed by atoms with van der Waals surface area (Å²) in [5, 5.41) is 12.0. The number of oxime groups is 1. The molecule has 0 saturated carbocycles. The molecular formula is C15H17N5O. The minimum Gasteiger partial charge on any atom is -0.409 e. The molecule has 21 heavy (non-hydrogen) atoms. The molecule has 6 nitrogen and oxygen atoms in total. The summed E-state index contributed by atoms with van der Waals surface area (Å²) in [6.07, 6.45) is 5.21. The second kappa shape index (κ2) is 5.40. The number of fused-ring (bicyclic) bond motifs is 1. The van der Waals surface area contributed by atoms with Gasteiger partial charge in [-0.2, -0.15) is 0 Å². The Morgan fingerprint density at radius 2 is 2.10 bits per heavy atom. The van der Waals surface area contributed by atoms with E-state index in [1.165, 1.54) is 11.8 Å². The maximum atomic E-state index is 8.95. The summed E-state index contributed by atoms with van der Waals surface area (Å²) < 4.78 is 0. The van der Waals surface area contributed by atoms with Crippen molar-refractivity contribution in [2.75, 3.05) is 4.90 Å². The Labute approximate surface area is 122 Å². The molecule has 1 aliphatic heterocycles. The van der Waals surface area contributed by atoms with Crippen LogP contribution in [0.5, 0.6) is 0 Å². The Balaban J connectivity index is 2.17. The van der Waals surface area contributed by atoms with Crippen molar-refractivity contribution >= 4 is 17.3 Å². The van der Waals surface area contributed by atoms with Gasteiger partial charge in [0.2, 0.25) is 0 Å². The summed E-state index contributed by atoms with van der Waals surface area (Å²) in [6.45, 7) is 2.14. The molecule has 3 rings (SSSR count). The van der Waals surface area contributed by atoms with Crippen LogP contribution < -0.4 is 10.6 Å². The van der Waals surface area contributed by atoms with E-state index in [4.69, 9.17) is 10.9 Å². The number of hydrogen-bond acceptors (Lipinski definition) is 5. The largest absolute Gasteiger partial charge is 0.409 e. The lowest BCUT2D eigenvalue weighted by Crippen LogP contribution is -2.35. The number of aromatic nitrogens is 2. The second-order valence-electron chi connectivity index (χ2n) is 5.10. The van der Waals surface area contributed by atoms with E-state index in [-0.39, 0.29) is 11.9 Å². The monoisotopic (exact) mass is 283 g/mol. The van der Waals surface area contributed by atoms with Gasteiger partial charge in [0.05, 0.1) is 0 Å². The third-order valence-electron chi connectivity index (χ3n) is 3.78. The molecule has 108 valence electrons. The lowest BCUT2D eigenvalue weighted by atomic mass is 9.96. The number of aryl methyl sites for hydroxylation is 1. The quantitative estimate of drug-likeness (QED) is 0.381. The van der Waals surface area contributed by atoms with Crippen molar-refractivity contribution in [3.8, 4) is 0 Å². The van der Waals surface area contributed by atoms with Crippen molar-refractivity contribution in [1.29, 1.82) is 0 Å². The molecule has 1 aromatic carbocycles. The Kier molecular flexibility index (Phi) is 3.43. The van der Waals surface area contributed by atoms with Crippen molar-refractivity contribution < 1.29 is 5.21 Å². The fourth-order valence-corrected chi connectivity index (χ4v) is 2.75. The minimum atomic E-state index is -0.0339. The van der Waals surface area contributed by atoms with Crippen molar-refractivity contribution in [1.82, 2.24) is 9.97 Å². The van der Waals surface area contributed by atoms with Crippen molar-refractivity contribution in [3.63, 3.8) is 0 Å². The summed E-state index contributed by atoms with van der Waals surface area (Å²) >= 11 is 0. The van der Waals surface area contributed by atoms with Gasteiger partial charge >= 0.3 is 0 Å². The topological polar surface area (TPSA) is 87.6 Å². The van der Waals surface area contributed by atoms with Crippen molar-refractivity contribution in [2.45, 2.75) is 25.8 Å². The molecule has 0 radical (unpaired) electrons. The van der Waals surface area contributed by atoms with Crippen LogP contribution in [0.2, 0.25) is 0 Å². The van der Waals surface area contributed by atoms with Gasteiger partial charge in [-0.3, -0.25) is 0 Å². The summed E-state index contributed by atoms with van der Waals surface area (Å²) in [5.74, 6) is 0.584. The zero-order chi connectivity index (χ0) is 14.8. The van der Waals surface area contributed by atoms with Gasteiger partial charge in [0.25, 0.3) is 0 Å². The smallest absolute Gasteiger partial charge is 0.192 e. The first-order chi connectivity index (χ1) is 10.2. The highest BCUT2D eigenvalue weighted by Crippen LogP contribution is 2.36. The zero-order valence-electron chi connectivity index (χ0n) is 11.8. The average Bonchev–Trinajstić information content (AvgIpc) is 2.54. The van der Waals surface area contributed by atoms with E-state index in [2.05, 4.69) is 39.1 Å². The molecule has 6 heteroatoms.